The van der Waals surface area contributed by atoms with Crippen LogP contribution in [0.1, 0.15) is 18.6 Å². The summed E-state index contributed by atoms with van der Waals surface area (Å²) in [6.45, 7) is 2.00. The Kier molecular flexibility index (Phi) is 4.21. The van der Waals surface area contributed by atoms with Crippen molar-refractivity contribution >= 4 is 16.9 Å². The summed E-state index contributed by atoms with van der Waals surface area (Å²) in [6, 6.07) is 0. The molecular weight excluding hydrogens is 304 g/mol. The first-order chi connectivity index (χ1) is 11.0. The Bertz CT molecular complexity index is 689. The SMILES string of the molecule is C[C@@]1(O)[C@H](O)[C@@H](CO)O[C@H]1c1coc2c(NCCN)ncnc12. The summed E-state index contributed by atoms with van der Waals surface area (Å²) in [5, 5.41) is 33.0. The van der Waals surface area contributed by atoms with Gasteiger partial charge in [0.25, 0.3) is 0 Å². The van der Waals surface area contributed by atoms with Gasteiger partial charge < -0.3 is 35.5 Å². The summed E-state index contributed by atoms with van der Waals surface area (Å²) in [7, 11) is 0. The molecule has 1 aliphatic heterocycles. The van der Waals surface area contributed by atoms with E-state index in [0.29, 0.717) is 35.6 Å². The summed E-state index contributed by atoms with van der Waals surface area (Å²) in [5.74, 6) is 0.489. The molecule has 0 spiro atoms. The monoisotopic (exact) mass is 324 g/mol. The Morgan fingerprint density at radius 3 is 2.87 bits per heavy atom. The van der Waals surface area contributed by atoms with Crippen LogP contribution >= 0.6 is 0 Å². The van der Waals surface area contributed by atoms with E-state index in [2.05, 4.69) is 15.3 Å². The molecule has 0 aliphatic carbocycles. The fraction of sp³-hybridized carbons (Fsp3) is 0.571. The van der Waals surface area contributed by atoms with E-state index in [4.69, 9.17) is 14.9 Å². The zero-order chi connectivity index (χ0) is 16.6. The molecular formula is C14H20N4O5. The predicted octanol–water partition coefficient (Wildman–Crippen LogP) is -0.863. The number of hydrogen-bond acceptors (Lipinski definition) is 9. The molecule has 1 saturated heterocycles. The van der Waals surface area contributed by atoms with Gasteiger partial charge in [0.2, 0.25) is 0 Å². The number of ether oxygens (including phenoxy) is 1. The van der Waals surface area contributed by atoms with Crippen molar-refractivity contribution in [3.05, 3.63) is 18.2 Å². The minimum Gasteiger partial charge on any atom is -0.458 e. The molecule has 0 radical (unpaired) electrons. The number of furan rings is 1. The van der Waals surface area contributed by atoms with Gasteiger partial charge in [-0.15, -0.1) is 0 Å². The van der Waals surface area contributed by atoms with Crippen molar-refractivity contribution in [3.63, 3.8) is 0 Å². The molecule has 0 saturated carbocycles. The summed E-state index contributed by atoms with van der Waals surface area (Å²) < 4.78 is 11.1. The number of hydrogen-bond donors (Lipinski definition) is 5. The zero-order valence-corrected chi connectivity index (χ0v) is 12.6. The second-order valence-electron chi connectivity index (χ2n) is 5.71. The van der Waals surface area contributed by atoms with Crippen LogP contribution < -0.4 is 11.1 Å². The van der Waals surface area contributed by atoms with Gasteiger partial charge in [-0.2, -0.15) is 0 Å². The molecule has 4 atom stereocenters. The van der Waals surface area contributed by atoms with Crippen molar-refractivity contribution in [2.24, 2.45) is 5.73 Å². The largest absolute Gasteiger partial charge is 0.458 e. The van der Waals surface area contributed by atoms with E-state index < -0.39 is 30.5 Å². The van der Waals surface area contributed by atoms with Crippen LogP contribution in [0.25, 0.3) is 11.1 Å². The van der Waals surface area contributed by atoms with Gasteiger partial charge in [0, 0.05) is 18.7 Å². The van der Waals surface area contributed by atoms with Crippen LogP contribution in [0.4, 0.5) is 5.82 Å². The van der Waals surface area contributed by atoms with E-state index in [1.807, 2.05) is 0 Å². The van der Waals surface area contributed by atoms with E-state index in [0.717, 1.165) is 0 Å². The van der Waals surface area contributed by atoms with E-state index in [9.17, 15) is 15.3 Å². The lowest BCUT2D eigenvalue weighted by Crippen LogP contribution is -2.42. The third kappa shape index (κ3) is 2.56. The van der Waals surface area contributed by atoms with Crippen molar-refractivity contribution in [2.75, 3.05) is 25.0 Å². The smallest absolute Gasteiger partial charge is 0.194 e. The maximum absolute atomic E-state index is 10.6. The van der Waals surface area contributed by atoms with Crippen LogP contribution in [0.15, 0.2) is 17.0 Å². The second-order valence-corrected chi connectivity index (χ2v) is 5.71. The molecule has 9 heteroatoms. The average Bonchev–Trinajstić information content (AvgIpc) is 3.06. The number of nitrogens with zero attached hydrogens (tertiary/aromatic N) is 2. The van der Waals surface area contributed by atoms with E-state index in [1.165, 1.54) is 19.5 Å². The van der Waals surface area contributed by atoms with E-state index in [-0.39, 0.29) is 0 Å². The first kappa shape index (κ1) is 16.1. The van der Waals surface area contributed by atoms with Gasteiger partial charge in [-0.05, 0) is 6.92 Å². The number of aromatic nitrogens is 2. The quantitative estimate of drug-likeness (QED) is 0.474. The first-order valence-electron chi connectivity index (χ1n) is 7.33. The van der Waals surface area contributed by atoms with Crippen LogP contribution in [-0.2, 0) is 4.74 Å². The molecule has 0 unspecified atom stereocenters. The Morgan fingerprint density at radius 1 is 1.43 bits per heavy atom. The van der Waals surface area contributed by atoms with Crippen LogP contribution in [-0.4, -0.2) is 62.8 Å². The van der Waals surface area contributed by atoms with Crippen LogP contribution in [0, 0.1) is 0 Å². The number of rotatable bonds is 5. The fourth-order valence-corrected chi connectivity index (χ4v) is 2.82. The van der Waals surface area contributed by atoms with Crippen molar-refractivity contribution in [2.45, 2.75) is 30.8 Å². The van der Waals surface area contributed by atoms with Crippen LogP contribution in [0.2, 0.25) is 0 Å². The first-order valence-corrected chi connectivity index (χ1v) is 7.33. The van der Waals surface area contributed by atoms with Gasteiger partial charge in [-0.3, -0.25) is 0 Å². The Morgan fingerprint density at radius 2 is 2.22 bits per heavy atom. The highest BCUT2D eigenvalue weighted by molar-refractivity contribution is 5.86. The molecule has 1 fully saturated rings. The second kappa shape index (κ2) is 6.02. The number of aliphatic hydroxyl groups is 3. The molecule has 0 bridgehead atoms. The molecule has 2 aromatic rings. The highest BCUT2D eigenvalue weighted by Gasteiger charge is 2.53. The highest BCUT2D eigenvalue weighted by atomic mass is 16.6. The van der Waals surface area contributed by atoms with Crippen molar-refractivity contribution in [1.82, 2.24) is 9.97 Å². The van der Waals surface area contributed by atoms with Gasteiger partial charge in [-0.25, -0.2) is 9.97 Å². The summed E-state index contributed by atoms with van der Waals surface area (Å²) in [4.78, 5) is 8.29. The van der Waals surface area contributed by atoms with Crippen molar-refractivity contribution < 1.29 is 24.5 Å². The molecule has 0 amide bonds. The Hall–Kier alpha value is -1.78. The normalized spacial score (nSPS) is 30.9. The maximum Gasteiger partial charge on any atom is 0.194 e. The zero-order valence-electron chi connectivity index (χ0n) is 12.6. The molecule has 0 aromatic carbocycles. The molecule has 1 aliphatic rings. The lowest BCUT2D eigenvalue weighted by Gasteiger charge is -2.25. The molecule has 126 valence electrons. The topological polar surface area (TPSA) is 147 Å². The van der Waals surface area contributed by atoms with Gasteiger partial charge >= 0.3 is 0 Å². The molecule has 3 heterocycles. The maximum atomic E-state index is 10.6. The van der Waals surface area contributed by atoms with Crippen LogP contribution in [0.3, 0.4) is 0 Å². The summed E-state index contributed by atoms with van der Waals surface area (Å²) >= 11 is 0. The predicted molar refractivity (Wildman–Crippen MR) is 80.7 cm³/mol. The van der Waals surface area contributed by atoms with E-state index >= 15 is 0 Å². The Balaban J connectivity index is 2.01. The van der Waals surface area contributed by atoms with E-state index in [1.54, 1.807) is 0 Å². The lowest BCUT2D eigenvalue weighted by molar-refractivity contribution is -0.0643. The fourth-order valence-electron chi connectivity index (χ4n) is 2.82. The third-order valence-corrected chi connectivity index (χ3v) is 4.07. The number of nitrogens with two attached hydrogens (primary N) is 1. The molecule has 6 N–H and O–H groups in total. The number of nitrogens with one attached hydrogen (secondary N) is 1. The van der Waals surface area contributed by atoms with Crippen LogP contribution in [0.5, 0.6) is 0 Å². The highest BCUT2D eigenvalue weighted by Crippen LogP contribution is 2.44. The summed E-state index contributed by atoms with van der Waals surface area (Å²) in [6.07, 6.45) is -0.202. The molecule has 23 heavy (non-hydrogen) atoms. The van der Waals surface area contributed by atoms with Crippen molar-refractivity contribution in [1.29, 1.82) is 0 Å². The number of fused-ring (bicyclic) bond motifs is 1. The molecule has 9 nitrogen and oxygen atoms in total. The molecule has 3 rings (SSSR count). The number of aliphatic hydroxyl groups excluding tert-OH is 2. The minimum atomic E-state index is -1.58. The summed E-state index contributed by atoms with van der Waals surface area (Å²) in [5.41, 5.74) is 5.25. The third-order valence-electron chi connectivity index (χ3n) is 4.07. The van der Waals surface area contributed by atoms with Gasteiger partial charge in [0.1, 0.15) is 35.8 Å². The van der Waals surface area contributed by atoms with Gasteiger partial charge in [0.05, 0.1) is 12.9 Å². The average molecular weight is 324 g/mol. The standard InChI is InChI=1S/C14H20N4O5/c1-14(21)11(20)8(4-19)23-12(14)7-5-22-10-9(7)17-6-18-13(10)16-3-2-15/h5-6,8,11-12,19-21H,2-4,15H2,1H3,(H,16,17,18)/t8-,11-,12+,14-/m1/s1. The number of anilines is 1. The Labute approximate surface area is 132 Å². The lowest BCUT2D eigenvalue weighted by atomic mass is 9.89. The van der Waals surface area contributed by atoms with Gasteiger partial charge in [-0.1, -0.05) is 0 Å². The minimum absolute atomic E-state index is 0.401. The van der Waals surface area contributed by atoms with Crippen molar-refractivity contribution in [3.8, 4) is 0 Å². The van der Waals surface area contributed by atoms with Gasteiger partial charge in [0.15, 0.2) is 11.4 Å². The molecule has 2 aromatic heterocycles.